The average molecular weight is 478 g/mol. The van der Waals surface area contributed by atoms with Gasteiger partial charge in [-0.25, -0.2) is 0 Å². The average Bonchev–Trinajstić information content (AvgIpc) is 3.33. The van der Waals surface area contributed by atoms with Gasteiger partial charge < -0.3 is 15.1 Å². The number of amides is 1. The third kappa shape index (κ3) is 3.63. The molecule has 1 N–H and O–H groups in total. The monoisotopic (exact) mass is 477 g/mol. The highest BCUT2D eigenvalue weighted by atomic mass is 35.5. The topological polar surface area (TPSA) is 53.9 Å². The Kier molecular flexibility index (Phi) is 5.40. The molecule has 2 aromatic rings. The van der Waals surface area contributed by atoms with Crippen molar-refractivity contribution in [3.05, 3.63) is 55.2 Å². The molecule has 3 heterocycles. The number of nitrogens with one attached hydrogen (secondary N) is 1. The molecule has 0 spiro atoms. The fourth-order valence-corrected chi connectivity index (χ4v) is 5.19. The van der Waals surface area contributed by atoms with E-state index in [1.807, 2.05) is 6.92 Å². The molecule has 160 valence electrons. The van der Waals surface area contributed by atoms with Crippen LogP contribution in [0.1, 0.15) is 39.0 Å². The molecule has 1 amide bonds. The maximum atomic E-state index is 14.1. The van der Waals surface area contributed by atoms with Crippen molar-refractivity contribution in [2.75, 3.05) is 6.54 Å². The van der Waals surface area contributed by atoms with E-state index in [0.717, 1.165) is 10.4 Å². The molecule has 11 heteroatoms. The second-order valence-corrected chi connectivity index (χ2v) is 9.04. The van der Waals surface area contributed by atoms with Gasteiger partial charge in [-0.2, -0.15) is 13.2 Å². The molecular weight excluding hydrogens is 462 g/mol. The highest BCUT2D eigenvalue weighted by molar-refractivity contribution is 7.14. The highest BCUT2D eigenvalue weighted by Gasteiger charge is 2.63. The number of benzene rings is 1. The maximum Gasteiger partial charge on any atom is 0.435 e. The van der Waals surface area contributed by atoms with Gasteiger partial charge in [0.25, 0.3) is 11.5 Å². The first-order valence-corrected chi connectivity index (χ1v) is 10.6. The molecule has 2 aliphatic rings. The van der Waals surface area contributed by atoms with Crippen molar-refractivity contribution in [2.24, 2.45) is 5.16 Å². The molecule has 0 saturated heterocycles. The molecule has 0 radical (unpaired) electrons. The molecule has 4 rings (SSSR count). The normalized spacial score (nSPS) is 20.7. The van der Waals surface area contributed by atoms with Crippen molar-refractivity contribution in [1.29, 1.82) is 0 Å². The van der Waals surface area contributed by atoms with Gasteiger partial charge in [-0.3, -0.25) is 4.79 Å². The highest BCUT2D eigenvalue weighted by Crippen LogP contribution is 2.50. The molecule has 1 aromatic heterocycles. The Labute approximate surface area is 184 Å². The molecule has 30 heavy (non-hydrogen) atoms. The molecule has 0 bridgehead atoms. The zero-order chi connectivity index (χ0) is 21.7. The summed E-state index contributed by atoms with van der Waals surface area (Å²) in [5.41, 5.74) is -1.95. The first-order chi connectivity index (χ1) is 14.1. The number of hydrogen-bond acceptors (Lipinski definition) is 5. The summed E-state index contributed by atoms with van der Waals surface area (Å²) in [7, 11) is 0. The van der Waals surface area contributed by atoms with Gasteiger partial charge in [-0.1, -0.05) is 28.4 Å². The Hall–Kier alpha value is -1.97. The number of halogens is 5. The van der Waals surface area contributed by atoms with Crippen molar-refractivity contribution < 1.29 is 22.8 Å². The molecule has 1 aromatic carbocycles. The number of amidine groups is 1. The van der Waals surface area contributed by atoms with Crippen molar-refractivity contribution in [3.8, 4) is 0 Å². The van der Waals surface area contributed by atoms with E-state index in [4.69, 9.17) is 28.0 Å². The summed E-state index contributed by atoms with van der Waals surface area (Å²) in [6.45, 7) is 3.08. The van der Waals surface area contributed by atoms with Crippen LogP contribution in [0.3, 0.4) is 0 Å². The molecule has 0 saturated carbocycles. The molecule has 0 aliphatic carbocycles. The number of oxime groups is 1. The number of fused-ring (bicyclic) bond motifs is 1. The van der Waals surface area contributed by atoms with E-state index < -0.39 is 18.2 Å². The van der Waals surface area contributed by atoms with E-state index in [0.29, 0.717) is 24.5 Å². The second-order valence-electron chi connectivity index (χ2n) is 7.03. The van der Waals surface area contributed by atoms with E-state index in [1.54, 1.807) is 11.0 Å². The summed E-state index contributed by atoms with van der Waals surface area (Å²) in [5, 5.41) is 6.69. The summed E-state index contributed by atoms with van der Waals surface area (Å²) in [6.07, 6.45) is -5.23. The van der Waals surface area contributed by atoms with Gasteiger partial charge in [-0.15, -0.1) is 11.3 Å². The van der Waals surface area contributed by atoms with Crippen molar-refractivity contribution in [2.45, 2.75) is 38.2 Å². The van der Waals surface area contributed by atoms with Gasteiger partial charge in [-0.05, 0) is 36.8 Å². The van der Waals surface area contributed by atoms with Gasteiger partial charge >= 0.3 is 6.18 Å². The number of hydrogen-bond donors (Lipinski definition) is 1. The zero-order valence-electron chi connectivity index (χ0n) is 15.6. The fraction of sp³-hybridized carbons (Fsp3) is 0.368. The lowest BCUT2D eigenvalue weighted by molar-refractivity contribution is -0.275. The number of thiophene rings is 1. The van der Waals surface area contributed by atoms with Crippen LogP contribution in [0.25, 0.3) is 0 Å². The van der Waals surface area contributed by atoms with Crippen LogP contribution in [0.4, 0.5) is 13.2 Å². The Balaban J connectivity index is 1.56. The second kappa shape index (κ2) is 7.62. The molecule has 0 fully saturated rings. The van der Waals surface area contributed by atoms with E-state index in [1.165, 1.54) is 29.5 Å². The third-order valence-electron chi connectivity index (χ3n) is 5.02. The van der Waals surface area contributed by atoms with Gasteiger partial charge in [0.15, 0.2) is 0 Å². The number of nitrogens with zero attached hydrogens (tertiary/aromatic N) is 2. The quantitative estimate of drug-likeness (QED) is 0.651. The summed E-state index contributed by atoms with van der Waals surface area (Å²) in [5.74, 6) is 0.0327. The van der Waals surface area contributed by atoms with Crippen LogP contribution in [-0.2, 0) is 23.5 Å². The van der Waals surface area contributed by atoms with Gasteiger partial charge in [0.1, 0.15) is 5.84 Å². The molecule has 1 unspecified atom stereocenters. The Bertz CT molecular complexity index is 997. The summed E-state index contributed by atoms with van der Waals surface area (Å²) in [6, 6.07) is 5.52. The van der Waals surface area contributed by atoms with Gasteiger partial charge in [0, 0.05) is 33.6 Å². The van der Waals surface area contributed by atoms with Crippen molar-refractivity contribution >= 4 is 46.3 Å². The van der Waals surface area contributed by atoms with Crippen LogP contribution in [0, 0.1) is 0 Å². The van der Waals surface area contributed by atoms with Crippen molar-refractivity contribution in [1.82, 2.24) is 10.2 Å². The van der Waals surface area contributed by atoms with Gasteiger partial charge in [0.05, 0.1) is 17.8 Å². The van der Waals surface area contributed by atoms with Crippen LogP contribution in [0.2, 0.25) is 10.0 Å². The van der Waals surface area contributed by atoms with Crippen LogP contribution < -0.4 is 5.32 Å². The predicted octanol–water partition coefficient (Wildman–Crippen LogP) is 5.31. The minimum atomic E-state index is -4.73. The molecular formula is C19H16Cl2F3N3O2S. The smallest absolute Gasteiger partial charge is 0.372 e. The van der Waals surface area contributed by atoms with Crippen LogP contribution >= 0.6 is 34.5 Å². The number of carbonyl (C=O) groups excluding carboxylic acids is 1. The van der Waals surface area contributed by atoms with Crippen LogP contribution in [0.5, 0.6) is 0 Å². The SMILES string of the molecule is CCNC(=O)c1cc2c(s1)CN(C1=NOC(c3cc(Cl)cc(Cl)c3)(C(F)(F)F)C1)C2. The number of rotatable bonds is 3. The van der Waals surface area contributed by atoms with Gasteiger partial charge in [0.2, 0.25) is 0 Å². The first kappa shape index (κ1) is 21.3. The summed E-state index contributed by atoms with van der Waals surface area (Å²) < 4.78 is 42.3. The van der Waals surface area contributed by atoms with E-state index in [2.05, 4.69) is 10.5 Å². The first-order valence-electron chi connectivity index (χ1n) is 9.06. The fourth-order valence-electron chi connectivity index (χ4n) is 3.56. The van der Waals surface area contributed by atoms with Crippen LogP contribution in [0.15, 0.2) is 29.4 Å². The lowest BCUT2D eigenvalue weighted by Gasteiger charge is -2.30. The van der Waals surface area contributed by atoms with Crippen LogP contribution in [-0.4, -0.2) is 29.4 Å². The Morgan fingerprint density at radius 3 is 2.57 bits per heavy atom. The largest absolute Gasteiger partial charge is 0.435 e. The predicted molar refractivity (Wildman–Crippen MR) is 109 cm³/mol. The lowest BCUT2D eigenvalue weighted by Crippen LogP contribution is -2.43. The van der Waals surface area contributed by atoms with E-state index in [9.17, 15) is 18.0 Å². The number of alkyl halides is 3. The Morgan fingerprint density at radius 1 is 1.27 bits per heavy atom. The summed E-state index contributed by atoms with van der Waals surface area (Å²) in [4.78, 5) is 20.3. The lowest BCUT2D eigenvalue weighted by atomic mass is 9.89. The molecule has 5 nitrogen and oxygen atoms in total. The standard InChI is InChI=1S/C19H16Cl2F3N3O2S/c1-2-25-17(28)14-3-10-8-27(9-15(10)30-14)16-7-18(29-26-16,19(22,23)24)11-4-12(20)6-13(21)5-11/h3-6H,2,7-9H2,1H3,(H,25,28). The number of carbonyl (C=O) groups is 1. The van der Waals surface area contributed by atoms with Crippen molar-refractivity contribution in [3.63, 3.8) is 0 Å². The minimum absolute atomic E-state index is 0.0828. The summed E-state index contributed by atoms with van der Waals surface area (Å²) >= 11 is 13.2. The molecule has 2 aliphatic heterocycles. The molecule has 1 atom stereocenters. The van der Waals surface area contributed by atoms with E-state index >= 15 is 0 Å². The Morgan fingerprint density at radius 2 is 1.97 bits per heavy atom. The zero-order valence-corrected chi connectivity index (χ0v) is 18.0. The third-order valence-corrected chi connectivity index (χ3v) is 6.62. The maximum absolute atomic E-state index is 14.1. The van der Waals surface area contributed by atoms with E-state index in [-0.39, 0.29) is 27.4 Å². The minimum Gasteiger partial charge on any atom is -0.372 e.